The number of halogens is 1. The van der Waals surface area contributed by atoms with Crippen molar-refractivity contribution in [1.29, 1.82) is 0 Å². The number of rotatable bonds is 5. The zero-order valence-corrected chi connectivity index (χ0v) is 12.6. The van der Waals surface area contributed by atoms with Gasteiger partial charge in [0.25, 0.3) is 0 Å². The summed E-state index contributed by atoms with van der Waals surface area (Å²) in [5.41, 5.74) is 7.21. The van der Waals surface area contributed by atoms with Crippen molar-refractivity contribution in [3.05, 3.63) is 53.3 Å². The van der Waals surface area contributed by atoms with Crippen LogP contribution in [0.2, 0.25) is 0 Å². The predicted molar refractivity (Wildman–Crippen MR) is 82.5 cm³/mol. The molecule has 2 rings (SSSR count). The number of carbonyl (C=O) groups is 1. The van der Waals surface area contributed by atoms with E-state index in [9.17, 15) is 9.18 Å². The Labute approximate surface area is 128 Å². The van der Waals surface area contributed by atoms with E-state index in [0.717, 1.165) is 0 Å². The van der Waals surface area contributed by atoms with Gasteiger partial charge in [-0.1, -0.05) is 18.2 Å². The lowest BCUT2D eigenvalue weighted by Gasteiger charge is -2.11. The van der Waals surface area contributed by atoms with Crippen LogP contribution in [-0.4, -0.2) is 26.2 Å². The molecule has 0 radical (unpaired) electrons. The lowest BCUT2D eigenvalue weighted by atomic mass is 10.00. The van der Waals surface area contributed by atoms with Crippen molar-refractivity contribution >= 4 is 5.97 Å². The van der Waals surface area contributed by atoms with Crippen molar-refractivity contribution in [1.82, 2.24) is 0 Å². The summed E-state index contributed by atoms with van der Waals surface area (Å²) < 4.78 is 24.5. The number of esters is 1. The minimum absolute atomic E-state index is 0.299. The first kappa shape index (κ1) is 16.0. The van der Waals surface area contributed by atoms with Crippen LogP contribution in [0.1, 0.15) is 15.9 Å². The van der Waals surface area contributed by atoms with E-state index in [-0.39, 0.29) is 5.82 Å². The highest BCUT2D eigenvalue weighted by Gasteiger charge is 2.14. The molecule has 0 unspecified atom stereocenters. The number of aryl methyl sites for hydroxylation is 1. The third kappa shape index (κ3) is 3.43. The fourth-order valence-corrected chi connectivity index (χ4v) is 2.12. The topological polar surface area (TPSA) is 61.5 Å². The molecule has 116 valence electrons. The van der Waals surface area contributed by atoms with Crippen molar-refractivity contribution < 1.29 is 18.7 Å². The number of carbonyl (C=O) groups excluding carboxylic acids is 1. The summed E-state index contributed by atoms with van der Waals surface area (Å²) in [7, 11) is 1.29. The summed E-state index contributed by atoms with van der Waals surface area (Å²) in [6.07, 6.45) is 0. The zero-order chi connectivity index (χ0) is 16.1. The van der Waals surface area contributed by atoms with Crippen LogP contribution in [0.5, 0.6) is 5.75 Å². The van der Waals surface area contributed by atoms with E-state index in [4.69, 9.17) is 15.2 Å². The first-order chi connectivity index (χ1) is 10.6. The molecule has 0 saturated carbocycles. The summed E-state index contributed by atoms with van der Waals surface area (Å²) in [6, 6.07) is 9.93. The van der Waals surface area contributed by atoms with Crippen molar-refractivity contribution in [3.63, 3.8) is 0 Å². The minimum Gasteiger partial charge on any atom is -0.492 e. The molecule has 0 heterocycles. The number of ether oxygens (including phenoxy) is 2. The van der Waals surface area contributed by atoms with Gasteiger partial charge in [-0.15, -0.1) is 0 Å². The van der Waals surface area contributed by atoms with Crippen LogP contribution < -0.4 is 10.5 Å². The molecule has 0 fully saturated rings. The van der Waals surface area contributed by atoms with Gasteiger partial charge < -0.3 is 15.2 Å². The van der Waals surface area contributed by atoms with E-state index in [1.807, 2.05) is 0 Å². The van der Waals surface area contributed by atoms with Gasteiger partial charge in [0.15, 0.2) is 0 Å². The molecule has 0 aliphatic heterocycles. The molecule has 0 aliphatic carbocycles. The standard InChI is InChI=1S/C17H18FNO3/c1-11-4-3-5-15(16(11)18)12-8-13(17(20)21-2)10-14(9-12)22-7-6-19/h3-5,8-10H,6-7,19H2,1-2H3. The van der Waals surface area contributed by atoms with Gasteiger partial charge in [0, 0.05) is 12.1 Å². The average molecular weight is 303 g/mol. The van der Waals surface area contributed by atoms with Crippen LogP contribution in [0, 0.1) is 12.7 Å². The van der Waals surface area contributed by atoms with Crippen molar-refractivity contribution in [2.24, 2.45) is 5.73 Å². The number of nitrogens with two attached hydrogens (primary N) is 1. The van der Waals surface area contributed by atoms with E-state index < -0.39 is 5.97 Å². The van der Waals surface area contributed by atoms with Crippen molar-refractivity contribution in [2.45, 2.75) is 6.92 Å². The molecular formula is C17H18FNO3. The second-order valence-electron chi connectivity index (χ2n) is 4.81. The molecule has 2 N–H and O–H groups in total. The van der Waals surface area contributed by atoms with E-state index in [2.05, 4.69) is 0 Å². The molecule has 0 amide bonds. The number of hydrogen-bond acceptors (Lipinski definition) is 4. The highest BCUT2D eigenvalue weighted by molar-refractivity contribution is 5.91. The molecule has 0 atom stereocenters. The molecule has 2 aromatic rings. The van der Waals surface area contributed by atoms with Gasteiger partial charge in [-0.2, -0.15) is 0 Å². The Morgan fingerprint density at radius 3 is 2.73 bits per heavy atom. The number of methoxy groups -OCH3 is 1. The van der Waals surface area contributed by atoms with Crippen LogP contribution in [-0.2, 0) is 4.74 Å². The van der Waals surface area contributed by atoms with Crippen LogP contribution in [0.3, 0.4) is 0 Å². The second kappa shape index (κ2) is 7.04. The Bertz CT molecular complexity index is 686. The monoisotopic (exact) mass is 303 g/mol. The first-order valence-electron chi connectivity index (χ1n) is 6.88. The molecular weight excluding hydrogens is 285 g/mol. The molecule has 22 heavy (non-hydrogen) atoms. The molecule has 0 aromatic heterocycles. The van der Waals surface area contributed by atoms with Gasteiger partial charge in [-0.05, 0) is 36.2 Å². The van der Waals surface area contributed by atoms with Crippen LogP contribution in [0.4, 0.5) is 4.39 Å². The van der Waals surface area contributed by atoms with Crippen LogP contribution in [0.25, 0.3) is 11.1 Å². The van der Waals surface area contributed by atoms with Crippen molar-refractivity contribution in [2.75, 3.05) is 20.3 Å². The van der Waals surface area contributed by atoms with E-state index in [0.29, 0.717) is 41.2 Å². The Hall–Kier alpha value is -2.40. The van der Waals surface area contributed by atoms with Crippen LogP contribution in [0.15, 0.2) is 36.4 Å². The van der Waals surface area contributed by atoms with Crippen LogP contribution >= 0.6 is 0 Å². The summed E-state index contributed by atoms with van der Waals surface area (Å²) in [5.74, 6) is -0.383. The second-order valence-corrected chi connectivity index (χ2v) is 4.81. The minimum atomic E-state index is -0.507. The third-order valence-electron chi connectivity index (χ3n) is 3.22. The molecule has 0 saturated heterocycles. The maximum Gasteiger partial charge on any atom is 0.338 e. The summed E-state index contributed by atoms with van der Waals surface area (Å²) >= 11 is 0. The lowest BCUT2D eigenvalue weighted by Crippen LogP contribution is -2.11. The highest BCUT2D eigenvalue weighted by atomic mass is 19.1. The number of hydrogen-bond donors (Lipinski definition) is 1. The zero-order valence-electron chi connectivity index (χ0n) is 12.6. The maximum atomic E-state index is 14.3. The highest BCUT2D eigenvalue weighted by Crippen LogP contribution is 2.29. The number of benzene rings is 2. The van der Waals surface area contributed by atoms with Gasteiger partial charge in [0.2, 0.25) is 0 Å². The fraction of sp³-hybridized carbons (Fsp3) is 0.235. The van der Waals surface area contributed by atoms with Gasteiger partial charge in [0.05, 0.1) is 12.7 Å². The summed E-state index contributed by atoms with van der Waals surface area (Å²) in [4.78, 5) is 11.8. The van der Waals surface area contributed by atoms with Crippen molar-refractivity contribution in [3.8, 4) is 16.9 Å². The van der Waals surface area contributed by atoms with Gasteiger partial charge in [0.1, 0.15) is 18.2 Å². The first-order valence-corrected chi connectivity index (χ1v) is 6.88. The quantitative estimate of drug-likeness (QED) is 0.863. The Balaban J connectivity index is 2.54. The maximum absolute atomic E-state index is 14.3. The Kier molecular flexibility index (Phi) is 5.12. The molecule has 0 aliphatic rings. The summed E-state index contributed by atoms with van der Waals surface area (Å²) in [5, 5.41) is 0. The average Bonchev–Trinajstić information content (AvgIpc) is 2.54. The molecule has 5 heteroatoms. The fourth-order valence-electron chi connectivity index (χ4n) is 2.12. The normalized spacial score (nSPS) is 10.4. The molecule has 0 bridgehead atoms. The van der Waals surface area contributed by atoms with Gasteiger partial charge >= 0.3 is 5.97 Å². The molecule has 2 aromatic carbocycles. The SMILES string of the molecule is COC(=O)c1cc(OCCN)cc(-c2cccc(C)c2F)c1. The van der Waals surface area contributed by atoms with E-state index >= 15 is 0 Å². The molecule has 0 spiro atoms. The third-order valence-corrected chi connectivity index (χ3v) is 3.22. The summed E-state index contributed by atoms with van der Waals surface area (Å²) in [6.45, 7) is 2.34. The Morgan fingerprint density at radius 2 is 2.05 bits per heavy atom. The Morgan fingerprint density at radius 1 is 1.27 bits per heavy atom. The van der Waals surface area contributed by atoms with Gasteiger partial charge in [-0.25, -0.2) is 9.18 Å². The lowest BCUT2D eigenvalue weighted by molar-refractivity contribution is 0.0600. The molecule has 4 nitrogen and oxygen atoms in total. The van der Waals surface area contributed by atoms with Gasteiger partial charge in [-0.3, -0.25) is 0 Å². The smallest absolute Gasteiger partial charge is 0.338 e. The van der Waals surface area contributed by atoms with E-state index in [1.165, 1.54) is 7.11 Å². The van der Waals surface area contributed by atoms with E-state index in [1.54, 1.807) is 43.3 Å². The predicted octanol–water partition coefficient (Wildman–Crippen LogP) is 2.93. The largest absolute Gasteiger partial charge is 0.492 e.